The Morgan fingerprint density at radius 1 is 1.20 bits per heavy atom. The molecule has 1 unspecified atom stereocenters. The van der Waals surface area contributed by atoms with Crippen LogP contribution in [0.1, 0.15) is 56.1 Å². The van der Waals surface area contributed by atoms with Crippen LogP contribution in [-0.4, -0.2) is 30.1 Å². The standard InChI is InChI=1S/C20H29NO4/c1-13-4-6-15(7-5-13)14(2)19(22)12-18(20(23)21-24)16-8-10-17(25-3)11-9-16/h4-7,14,16-18,24H,8-12H2,1-3H3,(H,21,23)/t14?,16?,17?,18-/m1/s1. The second kappa shape index (κ2) is 9.11. The van der Waals surface area contributed by atoms with Crippen LogP contribution in [0.2, 0.25) is 0 Å². The third-order valence-electron chi connectivity index (χ3n) is 5.55. The topological polar surface area (TPSA) is 75.6 Å². The maximum Gasteiger partial charge on any atom is 0.247 e. The first-order valence-electron chi connectivity index (χ1n) is 9.02. The fourth-order valence-corrected chi connectivity index (χ4v) is 3.72. The molecule has 5 nitrogen and oxygen atoms in total. The first-order chi connectivity index (χ1) is 12.0. The lowest BCUT2D eigenvalue weighted by Gasteiger charge is -2.32. The van der Waals surface area contributed by atoms with Gasteiger partial charge in [0.15, 0.2) is 0 Å². The molecule has 0 aromatic heterocycles. The quantitative estimate of drug-likeness (QED) is 0.586. The maximum absolute atomic E-state index is 12.7. The van der Waals surface area contributed by atoms with Gasteiger partial charge in [0.1, 0.15) is 5.78 Å². The highest BCUT2D eigenvalue weighted by Crippen LogP contribution is 2.34. The van der Waals surface area contributed by atoms with Gasteiger partial charge in [0.2, 0.25) is 5.91 Å². The Morgan fingerprint density at radius 3 is 2.32 bits per heavy atom. The minimum absolute atomic E-state index is 0.0336. The second-order valence-corrected chi connectivity index (χ2v) is 7.16. The summed E-state index contributed by atoms with van der Waals surface area (Å²) in [6.45, 7) is 3.89. The van der Waals surface area contributed by atoms with E-state index in [2.05, 4.69) is 0 Å². The van der Waals surface area contributed by atoms with E-state index >= 15 is 0 Å². The number of Topliss-reactive ketones (excluding diaryl/α,β-unsaturated/α-hetero) is 1. The zero-order valence-corrected chi connectivity index (χ0v) is 15.3. The van der Waals surface area contributed by atoms with Crippen molar-refractivity contribution >= 4 is 11.7 Å². The van der Waals surface area contributed by atoms with Gasteiger partial charge in [0, 0.05) is 25.4 Å². The molecular weight excluding hydrogens is 318 g/mol. The Balaban J connectivity index is 2.04. The Labute approximate surface area is 149 Å². The van der Waals surface area contributed by atoms with Crippen LogP contribution in [0.3, 0.4) is 0 Å². The fourth-order valence-electron chi connectivity index (χ4n) is 3.72. The van der Waals surface area contributed by atoms with Crippen molar-refractivity contribution in [3.8, 4) is 0 Å². The molecule has 138 valence electrons. The summed E-state index contributed by atoms with van der Waals surface area (Å²) in [6, 6.07) is 7.90. The SMILES string of the molecule is COC1CCC([C@@H](CC(=O)C(C)c2ccc(C)cc2)C(=O)NO)CC1. The number of carbonyl (C=O) groups is 2. The van der Waals surface area contributed by atoms with E-state index in [-0.39, 0.29) is 30.1 Å². The smallest absolute Gasteiger partial charge is 0.247 e. The summed E-state index contributed by atoms with van der Waals surface area (Å²) in [5.41, 5.74) is 3.87. The van der Waals surface area contributed by atoms with Gasteiger partial charge in [0.25, 0.3) is 0 Å². The number of methoxy groups -OCH3 is 1. The minimum atomic E-state index is -0.483. The molecule has 1 fully saturated rings. The Kier molecular flexibility index (Phi) is 7.14. The summed E-state index contributed by atoms with van der Waals surface area (Å²) in [5.74, 6) is -1.06. The van der Waals surface area contributed by atoms with Gasteiger partial charge in [-0.3, -0.25) is 14.8 Å². The number of amides is 1. The lowest BCUT2D eigenvalue weighted by molar-refractivity contribution is -0.139. The van der Waals surface area contributed by atoms with Crippen LogP contribution in [0.15, 0.2) is 24.3 Å². The van der Waals surface area contributed by atoms with Crippen molar-refractivity contribution in [1.82, 2.24) is 5.48 Å². The van der Waals surface area contributed by atoms with E-state index < -0.39 is 11.8 Å². The van der Waals surface area contributed by atoms with Crippen molar-refractivity contribution in [3.05, 3.63) is 35.4 Å². The van der Waals surface area contributed by atoms with Gasteiger partial charge < -0.3 is 4.74 Å². The Morgan fingerprint density at radius 2 is 1.80 bits per heavy atom. The number of nitrogens with one attached hydrogen (secondary N) is 1. The zero-order valence-electron chi connectivity index (χ0n) is 15.3. The van der Waals surface area contributed by atoms with E-state index in [1.54, 1.807) is 12.6 Å². The highest BCUT2D eigenvalue weighted by molar-refractivity contribution is 5.90. The van der Waals surface area contributed by atoms with Crippen LogP contribution in [-0.2, 0) is 14.3 Å². The van der Waals surface area contributed by atoms with Gasteiger partial charge in [-0.2, -0.15) is 0 Å². The molecule has 2 atom stereocenters. The summed E-state index contributed by atoms with van der Waals surface area (Å²) in [6.07, 6.45) is 3.84. The molecule has 0 saturated heterocycles. The largest absolute Gasteiger partial charge is 0.381 e. The summed E-state index contributed by atoms with van der Waals surface area (Å²) in [5, 5.41) is 9.10. The third-order valence-corrected chi connectivity index (χ3v) is 5.55. The molecule has 0 aliphatic heterocycles. The molecule has 2 N–H and O–H groups in total. The molecule has 0 spiro atoms. The van der Waals surface area contributed by atoms with Crippen molar-refractivity contribution in [2.75, 3.05) is 7.11 Å². The normalized spacial score (nSPS) is 22.9. The third kappa shape index (κ3) is 5.13. The van der Waals surface area contributed by atoms with Gasteiger partial charge in [-0.25, -0.2) is 5.48 Å². The summed E-state index contributed by atoms with van der Waals surface area (Å²) >= 11 is 0. The van der Waals surface area contributed by atoms with E-state index in [9.17, 15) is 9.59 Å². The lowest BCUT2D eigenvalue weighted by atomic mass is 9.75. The number of ketones is 1. The highest BCUT2D eigenvalue weighted by atomic mass is 16.5. The first kappa shape index (κ1) is 19.6. The Hall–Kier alpha value is -1.72. The van der Waals surface area contributed by atoms with Crippen LogP contribution in [0.4, 0.5) is 0 Å². The summed E-state index contributed by atoms with van der Waals surface area (Å²) in [7, 11) is 1.70. The molecule has 1 saturated carbocycles. The van der Waals surface area contributed by atoms with Crippen molar-refractivity contribution in [2.45, 2.75) is 58.0 Å². The zero-order chi connectivity index (χ0) is 18.4. The molecule has 2 rings (SSSR count). The maximum atomic E-state index is 12.7. The predicted octanol–water partition coefficient (Wildman–Crippen LogP) is 3.38. The van der Waals surface area contributed by atoms with Crippen molar-refractivity contribution < 1.29 is 19.5 Å². The average molecular weight is 347 g/mol. The van der Waals surface area contributed by atoms with E-state index in [0.29, 0.717) is 0 Å². The molecule has 5 heteroatoms. The average Bonchev–Trinajstić information content (AvgIpc) is 2.65. The van der Waals surface area contributed by atoms with Crippen molar-refractivity contribution in [3.63, 3.8) is 0 Å². The summed E-state index contributed by atoms with van der Waals surface area (Å²) < 4.78 is 5.38. The Bertz CT molecular complexity index is 576. The summed E-state index contributed by atoms with van der Waals surface area (Å²) in [4.78, 5) is 24.9. The molecule has 1 aromatic rings. The molecule has 0 bridgehead atoms. The highest BCUT2D eigenvalue weighted by Gasteiger charge is 2.34. The fraction of sp³-hybridized carbons (Fsp3) is 0.600. The molecule has 1 amide bonds. The lowest BCUT2D eigenvalue weighted by Crippen LogP contribution is -2.37. The number of hydroxylamine groups is 1. The number of carbonyl (C=O) groups excluding carboxylic acids is 2. The van der Waals surface area contributed by atoms with Crippen LogP contribution in [0.5, 0.6) is 0 Å². The number of rotatable bonds is 7. The van der Waals surface area contributed by atoms with Crippen LogP contribution in [0.25, 0.3) is 0 Å². The second-order valence-electron chi connectivity index (χ2n) is 7.16. The number of benzene rings is 1. The number of ether oxygens (including phenoxy) is 1. The molecule has 0 radical (unpaired) electrons. The molecular formula is C20H29NO4. The van der Waals surface area contributed by atoms with Gasteiger partial charge >= 0.3 is 0 Å². The van der Waals surface area contributed by atoms with Crippen molar-refractivity contribution in [1.29, 1.82) is 0 Å². The van der Waals surface area contributed by atoms with Crippen LogP contribution in [0, 0.1) is 18.8 Å². The van der Waals surface area contributed by atoms with Crippen LogP contribution < -0.4 is 5.48 Å². The van der Waals surface area contributed by atoms with E-state index in [1.165, 1.54) is 0 Å². The monoisotopic (exact) mass is 347 g/mol. The van der Waals surface area contributed by atoms with E-state index in [1.807, 2.05) is 38.1 Å². The minimum Gasteiger partial charge on any atom is -0.381 e. The van der Waals surface area contributed by atoms with Gasteiger partial charge in [-0.05, 0) is 44.1 Å². The number of hydrogen-bond donors (Lipinski definition) is 2. The van der Waals surface area contributed by atoms with E-state index in [4.69, 9.17) is 9.94 Å². The molecule has 25 heavy (non-hydrogen) atoms. The van der Waals surface area contributed by atoms with Crippen LogP contribution >= 0.6 is 0 Å². The molecule has 1 aliphatic carbocycles. The molecule has 1 aliphatic rings. The molecule has 1 aromatic carbocycles. The number of hydrogen-bond acceptors (Lipinski definition) is 4. The van der Waals surface area contributed by atoms with Gasteiger partial charge in [-0.15, -0.1) is 0 Å². The molecule has 0 heterocycles. The van der Waals surface area contributed by atoms with E-state index in [0.717, 1.165) is 36.8 Å². The number of aryl methyl sites for hydroxylation is 1. The first-order valence-corrected chi connectivity index (χ1v) is 9.02. The van der Waals surface area contributed by atoms with Crippen molar-refractivity contribution in [2.24, 2.45) is 11.8 Å². The van der Waals surface area contributed by atoms with Gasteiger partial charge in [0.05, 0.1) is 6.10 Å². The van der Waals surface area contributed by atoms with Gasteiger partial charge in [-0.1, -0.05) is 36.8 Å². The predicted molar refractivity (Wildman–Crippen MR) is 95.4 cm³/mol.